The first-order chi connectivity index (χ1) is 13.1. The van der Waals surface area contributed by atoms with Gasteiger partial charge in [0, 0.05) is 18.2 Å². The predicted molar refractivity (Wildman–Crippen MR) is 96.3 cm³/mol. The molecule has 2 rings (SSSR count). The Morgan fingerprint density at radius 1 is 1.11 bits per heavy atom. The van der Waals surface area contributed by atoms with Gasteiger partial charge in [-0.1, -0.05) is 18.2 Å². The molecular formula is C17H16N2O8S. The minimum Gasteiger partial charge on any atom is -0.480 e. The molecule has 0 amide bonds. The molecule has 1 unspecified atom stereocenters. The minimum atomic E-state index is -4.39. The lowest BCUT2D eigenvalue weighted by atomic mass is 10.1. The van der Waals surface area contributed by atoms with Gasteiger partial charge in [-0.2, -0.15) is 4.31 Å². The maximum atomic E-state index is 13.0. The summed E-state index contributed by atoms with van der Waals surface area (Å²) in [4.78, 5) is 32.6. The van der Waals surface area contributed by atoms with Gasteiger partial charge in [-0.15, -0.1) is 0 Å². The summed E-state index contributed by atoms with van der Waals surface area (Å²) in [6.07, 6.45) is 0. The van der Waals surface area contributed by atoms with E-state index in [1.54, 1.807) is 0 Å². The van der Waals surface area contributed by atoms with E-state index in [9.17, 15) is 33.2 Å². The van der Waals surface area contributed by atoms with Gasteiger partial charge in [-0.3, -0.25) is 14.9 Å². The van der Waals surface area contributed by atoms with Gasteiger partial charge >= 0.3 is 11.9 Å². The SMILES string of the molecule is CC(C(=O)O)N(Cc1ccccc1[N+](=O)[O-])S(=O)(=O)c1ccc(C(=O)O)cc1. The van der Waals surface area contributed by atoms with Crippen LogP contribution in [0.3, 0.4) is 0 Å². The van der Waals surface area contributed by atoms with Crippen molar-refractivity contribution < 1.29 is 33.1 Å². The zero-order valence-corrected chi connectivity index (χ0v) is 15.4. The van der Waals surface area contributed by atoms with Crippen LogP contribution in [0, 0.1) is 10.1 Å². The quantitative estimate of drug-likeness (QED) is 0.496. The van der Waals surface area contributed by atoms with Crippen molar-refractivity contribution in [2.75, 3.05) is 0 Å². The average Bonchev–Trinajstić information content (AvgIpc) is 2.65. The molecule has 0 aliphatic rings. The Kier molecular flexibility index (Phi) is 6.11. The number of para-hydroxylation sites is 1. The number of rotatable bonds is 8. The van der Waals surface area contributed by atoms with Crippen LogP contribution in [0.15, 0.2) is 53.4 Å². The van der Waals surface area contributed by atoms with Crippen LogP contribution in [0.4, 0.5) is 5.69 Å². The zero-order chi connectivity index (χ0) is 21.1. The van der Waals surface area contributed by atoms with Gasteiger partial charge in [-0.05, 0) is 31.2 Å². The van der Waals surface area contributed by atoms with Crippen molar-refractivity contribution in [3.05, 3.63) is 69.8 Å². The number of carboxylic acid groups (broad SMARTS) is 2. The van der Waals surface area contributed by atoms with E-state index in [-0.39, 0.29) is 21.7 Å². The molecule has 2 aromatic rings. The molecule has 1 atom stereocenters. The Labute approximate surface area is 159 Å². The van der Waals surface area contributed by atoms with E-state index in [2.05, 4.69) is 0 Å². The highest BCUT2D eigenvalue weighted by Crippen LogP contribution is 2.26. The number of carbonyl (C=O) groups is 2. The lowest BCUT2D eigenvalue weighted by Crippen LogP contribution is -2.42. The lowest BCUT2D eigenvalue weighted by Gasteiger charge is -2.25. The van der Waals surface area contributed by atoms with Crippen molar-refractivity contribution in [2.45, 2.75) is 24.4 Å². The number of hydrogen-bond donors (Lipinski definition) is 2. The van der Waals surface area contributed by atoms with E-state index in [1.807, 2.05) is 0 Å². The molecule has 0 spiro atoms. The summed E-state index contributed by atoms with van der Waals surface area (Å²) in [5.41, 5.74) is -0.469. The molecule has 0 saturated carbocycles. The smallest absolute Gasteiger partial charge is 0.335 e. The number of nitro groups is 1. The molecule has 0 aliphatic heterocycles. The lowest BCUT2D eigenvalue weighted by molar-refractivity contribution is -0.385. The number of benzene rings is 2. The molecule has 28 heavy (non-hydrogen) atoms. The average molecular weight is 408 g/mol. The molecule has 0 heterocycles. The summed E-state index contributed by atoms with van der Waals surface area (Å²) in [6, 6.07) is 8.11. The highest BCUT2D eigenvalue weighted by molar-refractivity contribution is 7.89. The van der Waals surface area contributed by atoms with E-state index >= 15 is 0 Å². The van der Waals surface area contributed by atoms with E-state index in [0.717, 1.165) is 31.2 Å². The van der Waals surface area contributed by atoms with E-state index in [4.69, 9.17) is 5.11 Å². The molecule has 11 heteroatoms. The van der Waals surface area contributed by atoms with Crippen LogP contribution >= 0.6 is 0 Å². The van der Waals surface area contributed by atoms with Crippen LogP contribution in [0.1, 0.15) is 22.8 Å². The summed E-state index contributed by atoms with van der Waals surface area (Å²) in [7, 11) is -4.39. The molecule has 0 bridgehead atoms. The Morgan fingerprint density at radius 2 is 1.68 bits per heavy atom. The van der Waals surface area contributed by atoms with E-state index in [0.29, 0.717) is 4.31 Å². The van der Waals surface area contributed by atoms with Gasteiger partial charge in [0.25, 0.3) is 5.69 Å². The number of sulfonamides is 1. The summed E-state index contributed by atoms with van der Waals surface area (Å²) >= 11 is 0. The second-order valence-electron chi connectivity index (χ2n) is 5.78. The van der Waals surface area contributed by atoms with E-state index < -0.39 is 39.5 Å². The van der Waals surface area contributed by atoms with Crippen molar-refractivity contribution in [2.24, 2.45) is 0 Å². The number of aliphatic carboxylic acids is 1. The Balaban J connectivity index is 2.52. The first-order valence-corrected chi connectivity index (χ1v) is 9.30. The van der Waals surface area contributed by atoms with E-state index in [1.165, 1.54) is 24.3 Å². The highest BCUT2D eigenvalue weighted by Gasteiger charge is 2.34. The van der Waals surface area contributed by atoms with Crippen LogP contribution in [-0.2, 0) is 21.4 Å². The molecule has 148 valence electrons. The van der Waals surface area contributed by atoms with Gasteiger partial charge in [-0.25, -0.2) is 13.2 Å². The molecule has 10 nitrogen and oxygen atoms in total. The maximum Gasteiger partial charge on any atom is 0.335 e. The van der Waals surface area contributed by atoms with Crippen molar-refractivity contribution in [3.63, 3.8) is 0 Å². The number of carboxylic acids is 2. The highest BCUT2D eigenvalue weighted by atomic mass is 32.2. The fourth-order valence-corrected chi connectivity index (χ4v) is 4.01. The molecular weight excluding hydrogens is 392 g/mol. The van der Waals surface area contributed by atoms with Crippen LogP contribution in [0.2, 0.25) is 0 Å². The van der Waals surface area contributed by atoms with Crippen LogP contribution in [0.5, 0.6) is 0 Å². The standard InChI is InChI=1S/C17H16N2O8S/c1-11(16(20)21)18(10-13-4-2-3-5-15(13)19(24)25)28(26,27)14-8-6-12(7-9-14)17(22)23/h2-9,11H,10H2,1H3,(H,20,21)(H,22,23). The molecule has 0 fully saturated rings. The van der Waals surface area contributed by atoms with Gasteiger partial charge in [0.1, 0.15) is 6.04 Å². The normalized spacial score (nSPS) is 12.5. The first-order valence-electron chi connectivity index (χ1n) is 7.86. The fraction of sp³-hybridized carbons (Fsp3) is 0.176. The third kappa shape index (κ3) is 4.32. The zero-order valence-electron chi connectivity index (χ0n) is 14.5. The molecule has 0 saturated heterocycles. The summed E-state index contributed by atoms with van der Waals surface area (Å²) < 4.78 is 26.6. The van der Waals surface area contributed by atoms with Gasteiger partial charge in [0.15, 0.2) is 0 Å². The topological polar surface area (TPSA) is 155 Å². The predicted octanol–water partition coefficient (Wildman–Crippen LogP) is 1.96. The van der Waals surface area contributed by atoms with Crippen LogP contribution in [-0.4, -0.2) is 45.8 Å². The van der Waals surface area contributed by atoms with Crippen molar-refractivity contribution in [1.82, 2.24) is 4.31 Å². The maximum absolute atomic E-state index is 13.0. The van der Waals surface area contributed by atoms with Crippen molar-refractivity contribution >= 4 is 27.6 Å². The van der Waals surface area contributed by atoms with Crippen LogP contribution in [0.25, 0.3) is 0 Å². The second-order valence-corrected chi connectivity index (χ2v) is 7.67. The number of aromatic carboxylic acids is 1. The van der Waals surface area contributed by atoms with Gasteiger partial charge in [0.2, 0.25) is 10.0 Å². The number of nitro benzene ring substituents is 1. The summed E-state index contributed by atoms with van der Waals surface area (Å²) in [5, 5.41) is 29.4. The fourth-order valence-electron chi connectivity index (χ4n) is 2.45. The van der Waals surface area contributed by atoms with Crippen LogP contribution < -0.4 is 0 Å². The van der Waals surface area contributed by atoms with Gasteiger partial charge in [0.05, 0.1) is 15.4 Å². The van der Waals surface area contributed by atoms with Gasteiger partial charge < -0.3 is 10.2 Å². The molecule has 2 N–H and O–H groups in total. The third-order valence-electron chi connectivity index (χ3n) is 4.01. The summed E-state index contributed by atoms with van der Waals surface area (Å²) in [6.45, 7) is 0.591. The second kappa shape index (κ2) is 8.15. The third-order valence-corrected chi connectivity index (χ3v) is 5.94. The Morgan fingerprint density at radius 3 is 2.18 bits per heavy atom. The largest absolute Gasteiger partial charge is 0.480 e. The van der Waals surface area contributed by atoms with Crippen molar-refractivity contribution in [3.8, 4) is 0 Å². The summed E-state index contributed by atoms with van der Waals surface area (Å²) in [5.74, 6) is -2.69. The van der Waals surface area contributed by atoms with Crippen molar-refractivity contribution in [1.29, 1.82) is 0 Å². The Bertz CT molecular complexity index is 1020. The monoisotopic (exact) mass is 408 g/mol. The minimum absolute atomic E-state index is 0.0198. The number of nitrogens with zero attached hydrogens (tertiary/aromatic N) is 2. The number of hydrogen-bond acceptors (Lipinski definition) is 6. The molecule has 2 aromatic carbocycles. The molecule has 0 aromatic heterocycles. The first kappa shape index (κ1) is 21.0. The molecule has 0 aliphatic carbocycles. The molecule has 0 radical (unpaired) electrons. The Hall–Kier alpha value is -3.31.